The highest BCUT2D eigenvalue weighted by Crippen LogP contribution is 2.58. The lowest BCUT2D eigenvalue weighted by molar-refractivity contribution is -0.160. The molecule has 0 N–H and O–H groups in total. The van der Waals surface area contributed by atoms with E-state index in [0.717, 1.165) is 0 Å². The molecule has 5 heteroatoms. The Balaban J connectivity index is 2.28. The van der Waals surface area contributed by atoms with Gasteiger partial charge in [-0.25, -0.2) is 0 Å². The second-order valence-electron chi connectivity index (χ2n) is 4.21. The van der Waals surface area contributed by atoms with Crippen LogP contribution >= 0.6 is 11.6 Å². The number of carbonyl (C=O) groups is 1. The molecule has 2 rings (SSSR count). The molecule has 0 atom stereocenters. The largest absolute Gasteiger partial charge is 0.398 e. The normalized spacial score (nSPS) is 17.9. The Labute approximate surface area is 102 Å². The fourth-order valence-electron chi connectivity index (χ4n) is 1.91. The molecule has 92 valence electrons. The maximum Gasteiger partial charge on any atom is 0.398 e. The number of halogens is 4. The van der Waals surface area contributed by atoms with Gasteiger partial charge >= 0.3 is 6.18 Å². The first-order valence-electron chi connectivity index (χ1n) is 5.17. The average Bonchev–Trinajstić information content (AvgIpc) is 3.08. The first kappa shape index (κ1) is 12.4. The zero-order chi connectivity index (χ0) is 12.7. The maximum atomic E-state index is 12.8. The van der Waals surface area contributed by atoms with Crippen LogP contribution in [-0.2, 0) is 5.41 Å². The molecule has 1 fully saturated rings. The van der Waals surface area contributed by atoms with Crippen molar-refractivity contribution in [3.05, 3.63) is 35.4 Å². The molecule has 0 radical (unpaired) electrons. The third-order valence-electron chi connectivity index (χ3n) is 3.17. The lowest BCUT2D eigenvalue weighted by Gasteiger charge is -2.19. The number of hydrogen-bond donors (Lipinski definition) is 0. The summed E-state index contributed by atoms with van der Waals surface area (Å²) >= 11 is 5.37. The summed E-state index contributed by atoms with van der Waals surface area (Å²) in [5.41, 5.74) is -1.10. The van der Waals surface area contributed by atoms with E-state index in [4.69, 9.17) is 11.6 Å². The minimum atomic E-state index is -4.22. The first-order valence-corrected chi connectivity index (χ1v) is 5.70. The quantitative estimate of drug-likeness (QED) is 0.600. The van der Waals surface area contributed by atoms with Gasteiger partial charge in [0, 0.05) is 5.56 Å². The lowest BCUT2D eigenvalue weighted by atomic mass is 9.94. The third-order valence-corrected chi connectivity index (χ3v) is 3.42. The SMILES string of the molecule is O=C(CCl)c1ccc(C2(C(F)(F)F)CC2)cc1. The van der Waals surface area contributed by atoms with Crippen molar-refractivity contribution < 1.29 is 18.0 Å². The van der Waals surface area contributed by atoms with E-state index in [1.807, 2.05) is 0 Å². The molecule has 1 aliphatic rings. The molecule has 0 bridgehead atoms. The van der Waals surface area contributed by atoms with Crippen molar-refractivity contribution in [2.24, 2.45) is 0 Å². The fraction of sp³-hybridized carbons (Fsp3) is 0.417. The summed E-state index contributed by atoms with van der Waals surface area (Å²) in [6, 6.07) is 5.57. The van der Waals surface area contributed by atoms with E-state index in [0.29, 0.717) is 5.56 Å². The Hall–Kier alpha value is -1.03. The van der Waals surface area contributed by atoms with E-state index in [1.165, 1.54) is 24.3 Å². The number of ketones is 1. The minimum absolute atomic E-state index is 0.124. The van der Waals surface area contributed by atoms with Crippen LogP contribution < -0.4 is 0 Å². The maximum absolute atomic E-state index is 12.8. The highest BCUT2D eigenvalue weighted by Gasteiger charge is 2.64. The van der Waals surface area contributed by atoms with E-state index >= 15 is 0 Å². The van der Waals surface area contributed by atoms with Crippen LogP contribution in [0.5, 0.6) is 0 Å². The number of benzene rings is 1. The van der Waals surface area contributed by atoms with E-state index < -0.39 is 11.6 Å². The van der Waals surface area contributed by atoms with Gasteiger partial charge in [0.25, 0.3) is 0 Å². The predicted octanol–water partition coefficient (Wildman–Crippen LogP) is 3.70. The summed E-state index contributed by atoms with van der Waals surface area (Å²) < 4.78 is 38.5. The van der Waals surface area contributed by atoms with Crippen LogP contribution in [0.2, 0.25) is 0 Å². The van der Waals surface area contributed by atoms with Crippen LogP contribution in [0.1, 0.15) is 28.8 Å². The molecule has 0 amide bonds. The monoisotopic (exact) mass is 262 g/mol. The molecule has 0 spiro atoms. The summed E-state index contributed by atoms with van der Waals surface area (Å²) in [5.74, 6) is -0.445. The van der Waals surface area contributed by atoms with Crippen LogP contribution in [0.3, 0.4) is 0 Å². The molecule has 1 aliphatic carbocycles. The van der Waals surface area contributed by atoms with Gasteiger partial charge in [0.05, 0.1) is 11.3 Å². The highest BCUT2D eigenvalue weighted by atomic mass is 35.5. The lowest BCUT2D eigenvalue weighted by Crippen LogP contribution is -2.28. The highest BCUT2D eigenvalue weighted by molar-refractivity contribution is 6.30. The van der Waals surface area contributed by atoms with Gasteiger partial charge < -0.3 is 0 Å². The van der Waals surface area contributed by atoms with Crippen LogP contribution in [0.25, 0.3) is 0 Å². The minimum Gasteiger partial charge on any atom is -0.293 e. The smallest absolute Gasteiger partial charge is 0.293 e. The van der Waals surface area contributed by atoms with Crippen LogP contribution in [0.4, 0.5) is 13.2 Å². The van der Waals surface area contributed by atoms with Crippen molar-refractivity contribution >= 4 is 17.4 Å². The van der Waals surface area contributed by atoms with Gasteiger partial charge in [0.1, 0.15) is 0 Å². The Kier molecular flexibility index (Phi) is 2.94. The molecule has 17 heavy (non-hydrogen) atoms. The molecule has 1 aromatic rings. The van der Waals surface area contributed by atoms with Gasteiger partial charge in [-0.05, 0) is 18.4 Å². The van der Waals surface area contributed by atoms with Gasteiger partial charge in [-0.1, -0.05) is 24.3 Å². The fourth-order valence-corrected chi connectivity index (χ4v) is 2.07. The van der Waals surface area contributed by atoms with Gasteiger partial charge in [-0.2, -0.15) is 13.2 Å². The summed E-state index contributed by atoms with van der Waals surface area (Å²) in [5, 5.41) is 0. The number of Topliss-reactive ketones (excluding diaryl/α,β-unsaturated/α-hetero) is 1. The van der Waals surface area contributed by atoms with E-state index in [9.17, 15) is 18.0 Å². The number of carbonyl (C=O) groups excluding carboxylic acids is 1. The van der Waals surface area contributed by atoms with Gasteiger partial charge in [-0.15, -0.1) is 11.6 Å². The Morgan fingerprint density at radius 3 is 2.12 bits per heavy atom. The Morgan fingerprint density at radius 2 is 1.76 bits per heavy atom. The zero-order valence-electron chi connectivity index (χ0n) is 8.85. The van der Waals surface area contributed by atoms with Crippen molar-refractivity contribution in [3.8, 4) is 0 Å². The molecule has 0 aliphatic heterocycles. The van der Waals surface area contributed by atoms with Gasteiger partial charge in [0.2, 0.25) is 0 Å². The number of rotatable bonds is 3. The summed E-state index contributed by atoms with van der Waals surface area (Å²) in [7, 11) is 0. The van der Waals surface area contributed by atoms with Crippen LogP contribution in [0, 0.1) is 0 Å². The average molecular weight is 263 g/mol. The molecule has 1 nitrogen and oxygen atoms in total. The van der Waals surface area contributed by atoms with Crippen LogP contribution in [0.15, 0.2) is 24.3 Å². The second kappa shape index (κ2) is 4.02. The molecule has 0 heterocycles. The topological polar surface area (TPSA) is 17.1 Å². The zero-order valence-corrected chi connectivity index (χ0v) is 9.61. The van der Waals surface area contributed by atoms with Gasteiger partial charge in [0.15, 0.2) is 5.78 Å². The van der Waals surface area contributed by atoms with Gasteiger partial charge in [-0.3, -0.25) is 4.79 Å². The molecule has 0 aromatic heterocycles. The molecular formula is C12H10ClF3O. The first-order chi connectivity index (χ1) is 7.90. The van der Waals surface area contributed by atoms with E-state index in [-0.39, 0.29) is 30.1 Å². The predicted molar refractivity (Wildman–Crippen MR) is 58.5 cm³/mol. The molecule has 1 saturated carbocycles. The molecule has 1 aromatic carbocycles. The second-order valence-corrected chi connectivity index (χ2v) is 4.48. The van der Waals surface area contributed by atoms with E-state index in [2.05, 4.69) is 0 Å². The Morgan fingerprint density at radius 1 is 1.24 bits per heavy atom. The van der Waals surface area contributed by atoms with Crippen molar-refractivity contribution in [1.29, 1.82) is 0 Å². The Bertz CT molecular complexity index is 432. The van der Waals surface area contributed by atoms with E-state index in [1.54, 1.807) is 0 Å². The summed E-state index contributed by atoms with van der Waals surface area (Å²) in [6.45, 7) is 0. The standard InChI is InChI=1S/C12H10ClF3O/c13-7-10(17)8-1-3-9(4-2-8)11(5-6-11)12(14,15)16/h1-4H,5-7H2. The molecule has 0 saturated heterocycles. The summed E-state index contributed by atoms with van der Waals surface area (Å²) in [4.78, 5) is 11.2. The molecule has 0 unspecified atom stereocenters. The number of hydrogen-bond acceptors (Lipinski definition) is 1. The van der Waals surface area contributed by atoms with Crippen molar-refractivity contribution in [2.75, 3.05) is 5.88 Å². The van der Waals surface area contributed by atoms with Crippen molar-refractivity contribution in [1.82, 2.24) is 0 Å². The van der Waals surface area contributed by atoms with Crippen molar-refractivity contribution in [2.45, 2.75) is 24.4 Å². The van der Waals surface area contributed by atoms with Crippen LogP contribution in [-0.4, -0.2) is 17.8 Å². The third kappa shape index (κ3) is 2.06. The summed E-state index contributed by atoms with van der Waals surface area (Å²) in [6.07, 6.45) is -3.97. The molecular weight excluding hydrogens is 253 g/mol. The van der Waals surface area contributed by atoms with Crippen molar-refractivity contribution in [3.63, 3.8) is 0 Å². The number of alkyl halides is 4.